The van der Waals surface area contributed by atoms with Crippen LogP contribution in [0.3, 0.4) is 0 Å². The average molecular weight is 329 g/mol. The van der Waals surface area contributed by atoms with Gasteiger partial charge < -0.3 is 10.2 Å². The number of carbonyl (C=O) groups excluding carboxylic acids is 2. The smallest absolute Gasteiger partial charge is 0.270 e. The van der Waals surface area contributed by atoms with E-state index in [0.29, 0.717) is 5.56 Å². The molecule has 1 aromatic rings. The van der Waals surface area contributed by atoms with Gasteiger partial charge in [0.2, 0.25) is 5.91 Å². The quantitative estimate of drug-likeness (QED) is 0.343. The summed E-state index contributed by atoms with van der Waals surface area (Å²) in [6.07, 6.45) is 4.51. The molecule has 126 valence electrons. The van der Waals surface area contributed by atoms with Crippen LogP contribution >= 0.6 is 0 Å². The number of nitro benzene ring substituents is 1. The highest BCUT2D eigenvalue weighted by atomic mass is 16.6. The monoisotopic (exact) mass is 329 g/mol. The Kier molecular flexibility index (Phi) is 7.09. The van der Waals surface area contributed by atoms with E-state index in [-0.39, 0.29) is 24.5 Å². The molecule has 0 aliphatic rings. The Labute approximate surface area is 140 Å². The van der Waals surface area contributed by atoms with Crippen LogP contribution in [0.4, 0.5) is 5.69 Å². The maximum absolute atomic E-state index is 12.6. The molecule has 7 nitrogen and oxygen atoms in total. The summed E-state index contributed by atoms with van der Waals surface area (Å²) < 4.78 is 0. The second-order valence-corrected chi connectivity index (χ2v) is 4.88. The van der Waals surface area contributed by atoms with Crippen molar-refractivity contribution in [3.63, 3.8) is 0 Å². The molecule has 1 rings (SSSR count). The molecule has 0 heterocycles. The molecule has 2 amide bonds. The summed E-state index contributed by atoms with van der Waals surface area (Å²) in [6, 6.07) is 5.78. The highest BCUT2D eigenvalue weighted by Crippen LogP contribution is 2.16. The van der Waals surface area contributed by atoms with E-state index in [1.165, 1.54) is 36.1 Å². The molecule has 0 fully saturated rings. The highest BCUT2D eigenvalue weighted by Gasteiger charge is 2.18. The summed E-state index contributed by atoms with van der Waals surface area (Å²) >= 11 is 0. The van der Waals surface area contributed by atoms with Gasteiger partial charge in [-0.25, -0.2) is 0 Å². The third kappa shape index (κ3) is 5.53. The van der Waals surface area contributed by atoms with Crippen LogP contribution < -0.4 is 5.32 Å². The van der Waals surface area contributed by atoms with E-state index in [1.807, 2.05) is 0 Å². The Morgan fingerprint density at radius 1 is 1.29 bits per heavy atom. The standard InChI is InChI=1S/C17H19N3O4/c1-4-9-19(10-5-2)17(22)16(18-13(3)21)12-14-7-6-8-15(11-14)20(23)24/h4-8,11-12H,1-2,9-10H2,3H3,(H,18,21). The minimum atomic E-state index is -0.529. The molecule has 0 bridgehead atoms. The van der Waals surface area contributed by atoms with Gasteiger partial charge in [-0.1, -0.05) is 24.3 Å². The molecule has 24 heavy (non-hydrogen) atoms. The van der Waals surface area contributed by atoms with Crippen LogP contribution in [0.1, 0.15) is 12.5 Å². The maximum atomic E-state index is 12.6. The van der Waals surface area contributed by atoms with Gasteiger partial charge in [0.15, 0.2) is 0 Å². The van der Waals surface area contributed by atoms with Gasteiger partial charge in [-0.15, -0.1) is 13.2 Å². The lowest BCUT2D eigenvalue weighted by atomic mass is 10.1. The number of carbonyl (C=O) groups is 2. The van der Waals surface area contributed by atoms with Crippen LogP contribution in [-0.2, 0) is 9.59 Å². The molecular formula is C17H19N3O4. The van der Waals surface area contributed by atoms with Crippen LogP contribution in [0.15, 0.2) is 55.3 Å². The molecule has 0 unspecified atom stereocenters. The fourth-order valence-electron chi connectivity index (χ4n) is 1.96. The summed E-state index contributed by atoms with van der Waals surface area (Å²) in [7, 11) is 0. The van der Waals surface area contributed by atoms with Gasteiger partial charge in [-0.3, -0.25) is 19.7 Å². The van der Waals surface area contributed by atoms with Crippen molar-refractivity contribution in [2.45, 2.75) is 6.92 Å². The van der Waals surface area contributed by atoms with Crippen molar-refractivity contribution in [1.82, 2.24) is 10.2 Å². The number of nitro groups is 1. The first-order chi connectivity index (χ1) is 11.4. The lowest BCUT2D eigenvalue weighted by molar-refractivity contribution is -0.384. The van der Waals surface area contributed by atoms with Gasteiger partial charge in [0.25, 0.3) is 11.6 Å². The molecule has 0 radical (unpaired) electrons. The van der Waals surface area contributed by atoms with Crippen LogP contribution in [0, 0.1) is 10.1 Å². The average Bonchev–Trinajstić information content (AvgIpc) is 2.53. The Hall–Kier alpha value is -3.22. The van der Waals surface area contributed by atoms with Crippen LogP contribution in [0.5, 0.6) is 0 Å². The number of rotatable bonds is 8. The predicted octanol–water partition coefficient (Wildman–Crippen LogP) is 2.27. The number of nitrogens with one attached hydrogen (secondary N) is 1. The van der Waals surface area contributed by atoms with E-state index in [4.69, 9.17) is 0 Å². The Morgan fingerprint density at radius 2 is 1.92 bits per heavy atom. The lowest BCUT2D eigenvalue weighted by Gasteiger charge is -2.21. The molecule has 0 atom stereocenters. The number of non-ortho nitro benzene ring substituents is 1. The second-order valence-electron chi connectivity index (χ2n) is 4.88. The predicted molar refractivity (Wildman–Crippen MR) is 91.9 cm³/mol. The van der Waals surface area contributed by atoms with Gasteiger partial charge in [0, 0.05) is 32.1 Å². The van der Waals surface area contributed by atoms with Gasteiger partial charge in [0.1, 0.15) is 5.70 Å². The van der Waals surface area contributed by atoms with Gasteiger partial charge in [0.05, 0.1) is 4.92 Å². The van der Waals surface area contributed by atoms with E-state index >= 15 is 0 Å². The van der Waals surface area contributed by atoms with Crippen molar-refractivity contribution in [3.05, 3.63) is 71.0 Å². The van der Waals surface area contributed by atoms with E-state index < -0.39 is 16.7 Å². The third-order valence-electron chi connectivity index (χ3n) is 2.92. The molecule has 0 aliphatic heterocycles. The van der Waals surface area contributed by atoms with Crippen molar-refractivity contribution in [2.24, 2.45) is 0 Å². The molecule has 0 aliphatic carbocycles. The number of benzene rings is 1. The van der Waals surface area contributed by atoms with Gasteiger partial charge in [-0.2, -0.15) is 0 Å². The molecule has 0 saturated carbocycles. The largest absolute Gasteiger partial charge is 0.330 e. The third-order valence-corrected chi connectivity index (χ3v) is 2.92. The zero-order valence-corrected chi connectivity index (χ0v) is 13.4. The summed E-state index contributed by atoms with van der Waals surface area (Å²) in [5, 5.41) is 13.3. The fourth-order valence-corrected chi connectivity index (χ4v) is 1.96. The molecule has 0 spiro atoms. The van der Waals surface area contributed by atoms with E-state index in [9.17, 15) is 19.7 Å². The van der Waals surface area contributed by atoms with E-state index in [2.05, 4.69) is 18.5 Å². The van der Waals surface area contributed by atoms with Gasteiger partial charge >= 0.3 is 0 Å². The summed E-state index contributed by atoms with van der Waals surface area (Å²) in [5.41, 5.74) is 0.345. The van der Waals surface area contributed by atoms with E-state index in [1.54, 1.807) is 18.2 Å². The van der Waals surface area contributed by atoms with Crippen molar-refractivity contribution >= 4 is 23.6 Å². The number of nitrogens with zero attached hydrogens (tertiary/aromatic N) is 2. The first-order valence-electron chi connectivity index (χ1n) is 7.13. The minimum Gasteiger partial charge on any atom is -0.330 e. The molecule has 0 saturated heterocycles. The normalized spacial score (nSPS) is 10.6. The first-order valence-corrected chi connectivity index (χ1v) is 7.13. The zero-order valence-electron chi connectivity index (χ0n) is 13.4. The number of hydrogen-bond donors (Lipinski definition) is 1. The Balaban J connectivity index is 3.24. The minimum absolute atomic E-state index is 0.0201. The fraction of sp³-hybridized carbons (Fsp3) is 0.176. The van der Waals surface area contributed by atoms with Crippen LogP contribution in [0.2, 0.25) is 0 Å². The SMILES string of the molecule is C=CCN(CC=C)C(=O)C(=Cc1cccc([N+](=O)[O-])c1)NC(C)=O. The maximum Gasteiger partial charge on any atom is 0.270 e. The zero-order chi connectivity index (χ0) is 18.1. The van der Waals surface area contributed by atoms with Crippen molar-refractivity contribution in [2.75, 3.05) is 13.1 Å². The number of amides is 2. The molecule has 7 heteroatoms. The van der Waals surface area contributed by atoms with Crippen molar-refractivity contribution < 1.29 is 14.5 Å². The molecule has 1 N–H and O–H groups in total. The molecule has 0 aromatic heterocycles. The molecular weight excluding hydrogens is 310 g/mol. The second kappa shape index (κ2) is 9.04. The topological polar surface area (TPSA) is 92.6 Å². The van der Waals surface area contributed by atoms with Crippen LogP contribution in [-0.4, -0.2) is 34.7 Å². The summed E-state index contributed by atoms with van der Waals surface area (Å²) in [5.74, 6) is -0.853. The van der Waals surface area contributed by atoms with Crippen molar-refractivity contribution in [3.8, 4) is 0 Å². The Morgan fingerprint density at radius 3 is 2.42 bits per heavy atom. The number of hydrogen-bond acceptors (Lipinski definition) is 4. The summed E-state index contributed by atoms with van der Waals surface area (Å²) in [4.78, 5) is 35.7. The van der Waals surface area contributed by atoms with Crippen LogP contribution in [0.25, 0.3) is 6.08 Å². The lowest BCUT2D eigenvalue weighted by Crippen LogP contribution is -2.38. The summed E-state index contributed by atoms with van der Waals surface area (Å²) in [6.45, 7) is 9.01. The highest BCUT2D eigenvalue weighted by molar-refractivity contribution is 6.01. The van der Waals surface area contributed by atoms with E-state index in [0.717, 1.165) is 0 Å². The Bertz CT molecular complexity index is 685. The van der Waals surface area contributed by atoms with Crippen molar-refractivity contribution in [1.29, 1.82) is 0 Å². The first kappa shape index (κ1) is 18.8. The molecule has 1 aromatic carbocycles. The van der Waals surface area contributed by atoms with Gasteiger partial charge in [-0.05, 0) is 11.6 Å².